The molecule has 0 aromatic heterocycles. The van der Waals surface area contributed by atoms with E-state index < -0.39 is 0 Å². The molecule has 1 fully saturated rings. The molecule has 1 aliphatic heterocycles. The molecule has 1 amide bonds. The zero-order valence-electron chi connectivity index (χ0n) is 8.84. The molecule has 0 saturated carbocycles. The molecule has 0 aliphatic carbocycles. The molecule has 1 rings (SSSR count). The van der Waals surface area contributed by atoms with Crippen LogP contribution in [0.3, 0.4) is 0 Å². The van der Waals surface area contributed by atoms with Gasteiger partial charge in [0.15, 0.2) is 0 Å². The van der Waals surface area contributed by atoms with Crippen LogP contribution in [0.15, 0.2) is 0 Å². The first-order chi connectivity index (χ1) is 6.83. The fraction of sp³-hybridized carbons (Fsp3) is 0.900. The number of piperidine rings is 1. The highest BCUT2D eigenvalue weighted by atomic mass is 16.5. The Morgan fingerprint density at radius 2 is 2.21 bits per heavy atom. The monoisotopic (exact) mass is 200 g/mol. The van der Waals surface area contributed by atoms with E-state index in [2.05, 4.69) is 10.6 Å². The Balaban J connectivity index is 2.06. The molecule has 0 aromatic rings. The number of hydrogen-bond donors (Lipinski definition) is 2. The van der Waals surface area contributed by atoms with Crippen LogP contribution in [0, 0.1) is 0 Å². The first-order valence-corrected chi connectivity index (χ1v) is 5.40. The molecule has 1 aliphatic rings. The summed E-state index contributed by atoms with van der Waals surface area (Å²) < 4.78 is 5.16. The minimum absolute atomic E-state index is 0.0188. The molecule has 4 nitrogen and oxygen atoms in total. The van der Waals surface area contributed by atoms with Crippen molar-refractivity contribution in [3.8, 4) is 0 Å². The molecule has 1 heterocycles. The van der Waals surface area contributed by atoms with E-state index in [1.54, 1.807) is 0 Å². The van der Waals surface area contributed by atoms with E-state index in [4.69, 9.17) is 4.74 Å². The Bertz CT molecular complexity index is 168. The summed E-state index contributed by atoms with van der Waals surface area (Å²) in [6.07, 6.45) is 3.01. The van der Waals surface area contributed by atoms with Gasteiger partial charge in [0, 0.05) is 12.6 Å². The average Bonchev–Trinajstić information content (AvgIpc) is 2.20. The molecule has 0 spiro atoms. The lowest BCUT2D eigenvalue weighted by Crippen LogP contribution is -2.43. The summed E-state index contributed by atoms with van der Waals surface area (Å²) in [5, 5.41) is 6.23. The van der Waals surface area contributed by atoms with Gasteiger partial charge in [-0.15, -0.1) is 0 Å². The molecule has 0 atom stereocenters. The van der Waals surface area contributed by atoms with E-state index in [1.165, 1.54) is 0 Å². The summed E-state index contributed by atoms with van der Waals surface area (Å²) in [7, 11) is 0. The van der Waals surface area contributed by atoms with Crippen LogP contribution in [0.2, 0.25) is 0 Å². The molecule has 4 heteroatoms. The highest BCUT2D eigenvalue weighted by Crippen LogP contribution is 2.01. The van der Waals surface area contributed by atoms with Gasteiger partial charge >= 0.3 is 0 Å². The number of hydrogen-bond acceptors (Lipinski definition) is 3. The summed E-state index contributed by atoms with van der Waals surface area (Å²) >= 11 is 0. The van der Waals surface area contributed by atoms with Gasteiger partial charge in [0.25, 0.3) is 0 Å². The molecule has 14 heavy (non-hydrogen) atoms. The van der Waals surface area contributed by atoms with Crippen molar-refractivity contribution in [3.63, 3.8) is 0 Å². The second-order valence-corrected chi connectivity index (χ2v) is 3.64. The van der Waals surface area contributed by atoms with Crippen molar-refractivity contribution < 1.29 is 9.53 Å². The van der Waals surface area contributed by atoms with Gasteiger partial charge in [0.2, 0.25) is 5.91 Å². The zero-order chi connectivity index (χ0) is 10.2. The van der Waals surface area contributed by atoms with Crippen LogP contribution >= 0.6 is 0 Å². The van der Waals surface area contributed by atoms with E-state index in [1.807, 2.05) is 6.92 Å². The molecule has 82 valence electrons. The van der Waals surface area contributed by atoms with Gasteiger partial charge in [-0.3, -0.25) is 4.79 Å². The fourth-order valence-corrected chi connectivity index (χ4v) is 1.54. The van der Waals surface area contributed by atoms with Crippen LogP contribution in [0.4, 0.5) is 0 Å². The lowest BCUT2D eigenvalue weighted by atomic mass is 10.1. The second kappa shape index (κ2) is 6.79. The van der Waals surface area contributed by atoms with Gasteiger partial charge in [0.1, 0.15) is 6.61 Å². The Kier molecular flexibility index (Phi) is 5.56. The van der Waals surface area contributed by atoms with Gasteiger partial charge in [-0.25, -0.2) is 0 Å². The number of amides is 1. The van der Waals surface area contributed by atoms with Crippen LogP contribution in [-0.4, -0.2) is 38.3 Å². The average molecular weight is 200 g/mol. The number of carbonyl (C=O) groups is 1. The van der Waals surface area contributed by atoms with Crippen molar-refractivity contribution >= 4 is 5.91 Å². The lowest BCUT2D eigenvalue weighted by molar-refractivity contribution is -0.126. The largest absolute Gasteiger partial charge is 0.372 e. The standard InChI is InChI=1S/C10H20N2O2/c1-2-7-14-8-10(13)12-9-3-5-11-6-4-9/h9,11H,2-8H2,1H3,(H,12,13). The minimum Gasteiger partial charge on any atom is -0.372 e. The van der Waals surface area contributed by atoms with Gasteiger partial charge in [-0.05, 0) is 32.4 Å². The maximum absolute atomic E-state index is 11.3. The fourth-order valence-electron chi connectivity index (χ4n) is 1.54. The van der Waals surface area contributed by atoms with Crippen LogP contribution in [0.5, 0.6) is 0 Å². The molecular weight excluding hydrogens is 180 g/mol. The van der Waals surface area contributed by atoms with Crippen LogP contribution < -0.4 is 10.6 Å². The summed E-state index contributed by atoms with van der Waals surface area (Å²) in [5.41, 5.74) is 0. The van der Waals surface area contributed by atoms with Gasteiger partial charge in [0.05, 0.1) is 0 Å². The predicted octanol–water partition coefficient (Wildman–Crippen LogP) is 0.281. The van der Waals surface area contributed by atoms with E-state index in [9.17, 15) is 4.79 Å². The third-order valence-electron chi connectivity index (χ3n) is 2.29. The summed E-state index contributed by atoms with van der Waals surface area (Å²) in [6, 6.07) is 0.342. The highest BCUT2D eigenvalue weighted by molar-refractivity contribution is 5.77. The van der Waals surface area contributed by atoms with Gasteiger partial charge in [-0.1, -0.05) is 6.92 Å². The third-order valence-corrected chi connectivity index (χ3v) is 2.29. The number of rotatable bonds is 5. The van der Waals surface area contributed by atoms with Crippen molar-refractivity contribution in [2.24, 2.45) is 0 Å². The smallest absolute Gasteiger partial charge is 0.246 e. The number of nitrogens with one attached hydrogen (secondary N) is 2. The van der Waals surface area contributed by atoms with Crippen molar-refractivity contribution in [3.05, 3.63) is 0 Å². The first kappa shape index (κ1) is 11.5. The first-order valence-electron chi connectivity index (χ1n) is 5.40. The molecule has 2 N–H and O–H groups in total. The van der Waals surface area contributed by atoms with Gasteiger partial charge < -0.3 is 15.4 Å². The van der Waals surface area contributed by atoms with E-state index >= 15 is 0 Å². The van der Waals surface area contributed by atoms with Crippen molar-refractivity contribution in [1.82, 2.24) is 10.6 Å². The Morgan fingerprint density at radius 1 is 1.50 bits per heavy atom. The lowest BCUT2D eigenvalue weighted by Gasteiger charge is -2.23. The Hall–Kier alpha value is -0.610. The van der Waals surface area contributed by atoms with Crippen molar-refractivity contribution in [2.45, 2.75) is 32.2 Å². The van der Waals surface area contributed by atoms with Crippen LogP contribution in [-0.2, 0) is 9.53 Å². The normalized spacial score (nSPS) is 18.1. The van der Waals surface area contributed by atoms with Crippen LogP contribution in [0.1, 0.15) is 26.2 Å². The number of carbonyl (C=O) groups excluding carboxylic acids is 1. The van der Waals surface area contributed by atoms with Gasteiger partial charge in [-0.2, -0.15) is 0 Å². The van der Waals surface area contributed by atoms with Crippen molar-refractivity contribution in [1.29, 1.82) is 0 Å². The third kappa shape index (κ3) is 4.58. The van der Waals surface area contributed by atoms with Crippen LogP contribution in [0.25, 0.3) is 0 Å². The molecule has 0 radical (unpaired) electrons. The van der Waals surface area contributed by atoms with E-state index in [-0.39, 0.29) is 12.5 Å². The SMILES string of the molecule is CCCOCC(=O)NC1CCNCC1. The van der Waals surface area contributed by atoms with Crippen molar-refractivity contribution in [2.75, 3.05) is 26.3 Å². The molecule has 0 unspecified atom stereocenters. The summed E-state index contributed by atoms with van der Waals surface area (Å²) in [6.45, 7) is 4.91. The Morgan fingerprint density at radius 3 is 2.86 bits per heavy atom. The molecule has 1 saturated heterocycles. The maximum Gasteiger partial charge on any atom is 0.246 e. The molecule has 0 bridgehead atoms. The topological polar surface area (TPSA) is 50.4 Å². The summed E-state index contributed by atoms with van der Waals surface area (Å²) in [4.78, 5) is 11.3. The van der Waals surface area contributed by atoms with E-state index in [0.717, 1.165) is 32.4 Å². The summed E-state index contributed by atoms with van der Waals surface area (Å²) in [5.74, 6) is 0.0188. The second-order valence-electron chi connectivity index (χ2n) is 3.64. The number of ether oxygens (including phenoxy) is 1. The maximum atomic E-state index is 11.3. The highest BCUT2D eigenvalue weighted by Gasteiger charge is 2.14. The zero-order valence-corrected chi connectivity index (χ0v) is 8.84. The molecular formula is C10H20N2O2. The quantitative estimate of drug-likeness (QED) is 0.627. The Labute approximate surface area is 85.4 Å². The molecule has 0 aromatic carbocycles. The predicted molar refractivity (Wildman–Crippen MR) is 55.1 cm³/mol. The minimum atomic E-state index is 0.0188. The van der Waals surface area contributed by atoms with E-state index in [0.29, 0.717) is 12.6 Å².